The van der Waals surface area contributed by atoms with Gasteiger partial charge >= 0.3 is 161 Å². The quantitative estimate of drug-likeness (QED) is 0.189. The second kappa shape index (κ2) is 11.1. The molecule has 0 radical (unpaired) electrons. The van der Waals surface area contributed by atoms with Crippen LogP contribution in [0.4, 0.5) is 5.69 Å². The van der Waals surface area contributed by atoms with Gasteiger partial charge in [-0.3, -0.25) is 0 Å². The van der Waals surface area contributed by atoms with Gasteiger partial charge in [0.2, 0.25) is 0 Å². The number of ether oxygens (including phenoxy) is 2. The molecular formula is C17H24N3NaO5Se. The number of rotatable bonds is 9. The fourth-order valence-corrected chi connectivity index (χ4v) is 3.57. The Morgan fingerprint density at radius 2 is 1.81 bits per heavy atom. The van der Waals surface area contributed by atoms with Gasteiger partial charge in [0.1, 0.15) is 5.60 Å². The fraction of sp³-hybridized carbons (Fsp3) is 0.588. The molecule has 1 aromatic carbocycles. The first-order valence-corrected chi connectivity index (χ1v) is 10.1. The summed E-state index contributed by atoms with van der Waals surface area (Å²) in [6, 6.07) is 3.00. The number of nitrogens with zero attached hydrogens (tertiary/aromatic N) is 3. The number of esters is 1. The van der Waals surface area contributed by atoms with Crippen LogP contribution in [0.15, 0.2) is 12.1 Å². The average molecular weight is 452 g/mol. The van der Waals surface area contributed by atoms with E-state index in [2.05, 4.69) is 7.96 Å². The zero-order chi connectivity index (χ0) is 19.2. The van der Waals surface area contributed by atoms with Gasteiger partial charge in [0, 0.05) is 0 Å². The molecule has 0 aliphatic heterocycles. The average Bonchev–Trinajstić information content (AvgIpc) is 3.01. The zero-order valence-corrected chi connectivity index (χ0v) is 16.9. The van der Waals surface area contributed by atoms with Crippen LogP contribution in [0, 0.1) is 10.1 Å². The van der Waals surface area contributed by atoms with Crippen LogP contribution >= 0.6 is 0 Å². The Balaban J connectivity index is 0.00000364. The fourth-order valence-electron chi connectivity index (χ4n) is 2.39. The van der Waals surface area contributed by atoms with E-state index in [1.54, 1.807) is 6.07 Å². The van der Waals surface area contributed by atoms with Crippen LogP contribution in [0.1, 0.15) is 52.9 Å². The number of carbonyl (C=O) groups is 1. The van der Waals surface area contributed by atoms with Crippen molar-refractivity contribution in [1.29, 1.82) is 0 Å². The SMILES string of the molecule is CC(C)(C)OC(=O)CCCCCCOc1ccc([N+](=O)[O-])c2n[se]nc12.[NaH]. The molecule has 10 heteroatoms. The Morgan fingerprint density at radius 3 is 2.48 bits per heavy atom. The molecule has 0 aliphatic rings. The third-order valence-electron chi connectivity index (χ3n) is 3.51. The van der Waals surface area contributed by atoms with Crippen molar-refractivity contribution < 1.29 is 19.2 Å². The van der Waals surface area contributed by atoms with Crippen molar-refractivity contribution in [3.05, 3.63) is 22.2 Å². The summed E-state index contributed by atoms with van der Waals surface area (Å²) in [4.78, 5) is 22.1. The summed E-state index contributed by atoms with van der Waals surface area (Å²) in [6.45, 7) is 6.08. The van der Waals surface area contributed by atoms with E-state index < -0.39 is 10.5 Å². The number of carbonyl (C=O) groups excluding carboxylic acids is 1. The summed E-state index contributed by atoms with van der Waals surface area (Å²) in [5.41, 5.74) is 0.348. The van der Waals surface area contributed by atoms with Crippen LogP contribution in [0.5, 0.6) is 5.75 Å². The number of hydrogen-bond donors (Lipinski definition) is 0. The van der Waals surface area contributed by atoms with Crippen molar-refractivity contribution in [2.24, 2.45) is 0 Å². The van der Waals surface area contributed by atoms with E-state index in [0.717, 1.165) is 25.7 Å². The predicted molar refractivity (Wildman–Crippen MR) is 105 cm³/mol. The normalized spacial score (nSPS) is 11.1. The number of benzene rings is 1. The Morgan fingerprint density at radius 1 is 1.15 bits per heavy atom. The number of non-ortho nitro benzene ring substituents is 1. The van der Waals surface area contributed by atoms with Gasteiger partial charge < -0.3 is 0 Å². The number of nitro groups is 1. The van der Waals surface area contributed by atoms with Crippen molar-refractivity contribution in [2.75, 3.05) is 6.61 Å². The topological polar surface area (TPSA) is 104 Å². The molecule has 0 atom stereocenters. The Kier molecular flexibility index (Phi) is 9.90. The van der Waals surface area contributed by atoms with Gasteiger partial charge in [-0.05, 0) is 20.8 Å². The van der Waals surface area contributed by atoms with Gasteiger partial charge in [-0.25, -0.2) is 0 Å². The van der Waals surface area contributed by atoms with Crippen LogP contribution in [0.25, 0.3) is 11.0 Å². The van der Waals surface area contributed by atoms with Crippen LogP contribution < -0.4 is 4.74 Å². The molecule has 144 valence electrons. The molecule has 0 N–H and O–H groups in total. The van der Waals surface area contributed by atoms with Crippen LogP contribution in [0.2, 0.25) is 0 Å². The third-order valence-corrected chi connectivity index (χ3v) is 4.62. The molecule has 0 aliphatic carbocycles. The first kappa shape index (κ1) is 24.0. The zero-order valence-electron chi connectivity index (χ0n) is 15.2. The van der Waals surface area contributed by atoms with Gasteiger partial charge in [-0.2, -0.15) is 0 Å². The van der Waals surface area contributed by atoms with Crippen LogP contribution in [-0.4, -0.2) is 75.6 Å². The van der Waals surface area contributed by atoms with E-state index in [1.807, 2.05) is 20.8 Å². The minimum absolute atomic E-state index is 0. The predicted octanol–water partition coefficient (Wildman–Crippen LogP) is 2.62. The monoisotopic (exact) mass is 453 g/mol. The summed E-state index contributed by atoms with van der Waals surface area (Å²) in [6.07, 6.45) is 3.91. The number of aromatic nitrogens is 2. The molecule has 1 aromatic heterocycles. The summed E-state index contributed by atoms with van der Waals surface area (Å²) >= 11 is -0.353. The van der Waals surface area contributed by atoms with E-state index in [9.17, 15) is 14.9 Å². The molecule has 0 unspecified atom stereocenters. The molecule has 0 spiro atoms. The van der Waals surface area contributed by atoms with Crippen molar-refractivity contribution in [3.8, 4) is 5.75 Å². The van der Waals surface area contributed by atoms with Crippen LogP contribution in [-0.2, 0) is 9.53 Å². The summed E-state index contributed by atoms with van der Waals surface area (Å²) in [7, 11) is 0. The van der Waals surface area contributed by atoms with Crippen molar-refractivity contribution in [3.63, 3.8) is 0 Å². The standard InChI is InChI=1S/C17H23N3O5Se.Na.H/c1-17(2,3)25-14(21)8-6-4-5-7-11-24-13-10-9-12(20(22)23)15-16(13)19-26-18-15;;/h9-10H,4-8,11H2,1-3H3;;. The third kappa shape index (κ3) is 7.87. The summed E-state index contributed by atoms with van der Waals surface area (Å²) in [5.74, 6) is 0.380. The number of unbranched alkanes of at least 4 members (excludes halogenated alkanes) is 3. The van der Waals surface area contributed by atoms with E-state index in [-0.39, 0.29) is 56.2 Å². The maximum atomic E-state index is 11.6. The Bertz CT molecular complexity index is 776. The molecule has 8 nitrogen and oxygen atoms in total. The summed E-state index contributed by atoms with van der Waals surface area (Å²) in [5, 5.41) is 11.0. The molecule has 2 aromatic rings. The molecule has 27 heavy (non-hydrogen) atoms. The van der Waals surface area contributed by atoms with E-state index in [4.69, 9.17) is 9.47 Å². The van der Waals surface area contributed by atoms with Crippen LogP contribution in [0.3, 0.4) is 0 Å². The maximum absolute atomic E-state index is 11.6. The minimum atomic E-state index is -0.451. The van der Waals surface area contributed by atoms with E-state index in [1.165, 1.54) is 6.07 Å². The molecule has 0 bridgehead atoms. The first-order chi connectivity index (χ1) is 12.3. The second-order valence-corrected chi connectivity index (χ2v) is 8.01. The number of nitro benzene ring substituents is 1. The summed E-state index contributed by atoms with van der Waals surface area (Å²) < 4.78 is 19.3. The van der Waals surface area contributed by atoms with Gasteiger partial charge in [0.25, 0.3) is 0 Å². The molecule has 0 saturated heterocycles. The Hall–Kier alpha value is -0.991. The first-order valence-electron chi connectivity index (χ1n) is 8.52. The number of hydrogen-bond acceptors (Lipinski definition) is 7. The molecule has 0 fully saturated rings. The second-order valence-electron chi connectivity index (χ2n) is 6.90. The van der Waals surface area contributed by atoms with Crippen molar-refractivity contribution >= 4 is 67.2 Å². The van der Waals surface area contributed by atoms with E-state index >= 15 is 0 Å². The molecular weight excluding hydrogens is 428 g/mol. The Labute approximate surface area is 186 Å². The van der Waals surface area contributed by atoms with Gasteiger partial charge in [-0.15, -0.1) is 0 Å². The van der Waals surface area contributed by atoms with Crippen molar-refractivity contribution in [2.45, 2.75) is 58.5 Å². The number of fused-ring (bicyclic) bond motifs is 1. The molecule has 0 amide bonds. The van der Waals surface area contributed by atoms with Crippen molar-refractivity contribution in [1.82, 2.24) is 7.96 Å². The molecule has 0 saturated carbocycles. The van der Waals surface area contributed by atoms with E-state index in [0.29, 0.717) is 29.8 Å². The molecule has 2 rings (SSSR count). The van der Waals surface area contributed by atoms with Gasteiger partial charge in [0.15, 0.2) is 0 Å². The van der Waals surface area contributed by atoms with Gasteiger partial charge in [0.05, 0.1) is 0 Å². The van der Waals surface area contributed by atoms with Gasteiger partial charge in [-0.1, -0.05) is 0 Å². The molecule has 1 heterocycles.